The molecule has 0 bridgehead atoms. The third-order valence-corrected chi connectivity index (χ3v) is 4.65. The summed E-state index contributed by atoms with van der Waals surface area (Å²) in [5.41, 5.74) is 1.50. The maximum absolute atomic E-state index is 2.25. The normalized spacial score (nSPS) is 16.6. The lowest BCUT2D eigenvalue weighted by atomic mass is 9.85. The molecule has 0 heterocycles. The highest BCUT2D eigenvalue weighted by Gasteiger charge is 2.12. The number of hydrogen-bond acceptors (Lipinski definition) is 0. The smallest absolute Gasteiger partial charge is 0.0279 e. The Morgan fingerprint density at radius 3 is 2.21 bits per heavy atom. The Bertz CT molecular complexity index is 308. The van der Waals surface area contributed by atoms with E-state index in [1.165, 1.54) is 82.6 Å². The lowest BCUT2D eigenvalue weighted by Gasteiger charge is -2.21. The van der Waals surface area contributed by atoms with Gasteiger partial charge in [0.1, 0.15) is 0 Å². The molecular formula is C19H30. The standard InChI is InChI=1S/C19H30/c1(2-6-12-18-14-8-4-9-15-18)3-7-13-19-16-10-5-11-17-19/h4,8-9,14-15,19H,1-3,5-7,10-13,16-17H2. The van der Waals surface area contributed by atoms with Gasteiger partial charge in [0, 0.05) is 0 Å². The van der Waals surface area contributed by atoms with Crippen molar-refractivity contribution in [3.05, 3.63) is 35.9 Å². The van der Waals surface area contributed by atoms with E-state index in [-0.39, 0.29) is 0 Å². The van der Waals surface area contributed by atoms with Crippen molar-refractivity contribution in [3.63, 3.8) is 0 Å². The van der Waals surface area contributed by atoms with Crippen molar-refractivity contribution in [2.45, 2.75) is 77.0 Å². The molecule has 0 aliphatic heterocycles. The van der Waals surface area contributed by atoms with Crippen molar-refractivity contribution in [2.24, 2.45) is 5.92 Å². The molecule has 106 valence electrons. The second-order valence-corrected chi connectivity index (χ2v) is 6.30. The van der Waals surface area contributed by atoms with Crippen LogP contribution < -0.4 is 0 Å². The van der Waals surface area contributed by atoms with Gasteiger partial charge >= 0.3 is 0 Å². The monoisotopic (exact) mass is 258 g/mol. The van der Waals surface area contributed by atoms with E-state index >= 15 is 0 Å². The van der Waals surface area contributed by atoms with E-state index in [2.05, 4.69) is 30.3 Å². The molecule has 1 aromatic rings. The lowest BCUT2D eigenvalue weighted by molar-refractivity contribution is 0.328. The molecular weight excluding hydrogens is 228 g/mol. The SMILES string of the molecule is c1ccc(CCCCCCCC2CCCCC2)cc1. The zero-order chi connectivity index (χ0) is 13.2. The highest BCUT2D eigenvalue weighted by atomic mass is 14.2. The van der Waals surface area contributed by atoms with Crippen LogP contribution in [-0.2, 0) is 6.42 Å². The second-order valence-electron chi connectivity index (χ2n) is 6.30. The second kappa shape index (κ2) is 9.18. The summed E-state index contributed by atoms with van der Waals surface area (Å²) in [4.78, 5) is 0. The van der Waals surface area contributed by atoms with Crippen molar-refractivity contribution in [1.82, 2.24) is 0 Å². The van der Waals surface area contributed by atoms with Crippen LogP contribution in [0.1, 0.15) is 76.2 Å². The maximum Gasteiger partial charge on any atom is -0.0279 e. The van der Waals surface area contributed by atoms with E-state index in [1.54, 1.807) is 0 Å². The summed E-state index contributed by atoms with van der Waals surface area (Å²) in [6.07, 6.45) is 17.5. The van der Waals surface area contributed by atoms with Gasteiger partial charge in [-0.15, -0.1) is 0 Å². The molecule has 1 aliphatic carbocycles. The van der Waals surface area contributed by atoms with Crippen LogP contribution in [0.4, 0.5) is 0 Å². The van der Waals surface area contributed by atoms with E-state index < -0.39 is 0 Å². The molecule has 1 saturated carbocycles. The number of benzene rings is 1. The van der Waals surface area contributed by atoms with Gasteiger partial charge in [0.25, 0.3) is 0 Å². The average Bonchev–Trinajstić information content (AvgIpc) is 2.48. The quantitative estimate of drug-likeness (QED) is 0.490. The fourth-order valence-electron chi connectivity index (χ4n) is 3.41. The third-order valence-electron chi connectivity index (χ3n) is 4.65. The van der Waals surface area contributed by atoms with Gasteiger partial charge < -0.3 is 0 Å². The maximum atomic E-state index is 2.25. The Kier molecular flexibility index (Phi) is 7.06. The van der Waals surface area contributed by atoms with Crippen LogP contribution in [0, 0.1) is 5.92 Å². The number of unbranched alkanes of at least 4 members (excludes halogenated alkanes) is 4. The minimum Gasteiger partial charge on any atom is -0.0622 e. The molecule has 2 rings (SSSR count). The van der Waals surface area contributed by atoms with Crippen molar-refractivity contribution in [2.75, 3.05) is 0 Å². The molecule has 0 nitrogen and oxygen atoms in total. The van der Waals surface area contributed by atoms with Crippen molar-refractivity contribution < 1.29 is 0 Å². The van der Waals surface area contributed by atoms with E-state index in [0.717, 1.165) is 5.92 Å². The summed E-state index contributed by atoms with van der Waals surface area (Å²) < 4.78 is 0. The molecule has 1 aromatic carbocycles. The first-order valence-electron chi connectivity index (χ1n) is 8.49. The van der Waals surface area contributed by atoms with Gasteiger partial charge in [0.15, 0.2) is 0 Å². The Labute approximate surface area is 119 Å². The highest BCUT2D eigenvalue weighted by Crippen LogP contribution is 2.28. The summed E-state index contributed by atoms with van der Waals surface area (Å²) >= 11 is 0. The van der Waals surface area contributed by atoms with Gasteiger partial charge in [-0.25, -0.2) is 0 Å². The Balaban J connectivity index is 1.42. The van der Waals surface area contributed by atoms with Gasteiger partial charge in [-0.1, -0.05) is 94.5 Å². The molecule has 1 aliphatic rings. The molecule has 0 radical (unpaired) electrons. The summed E-state index contributed by atoms with van der Waals surface area (Å²) in [5, 5.41) is 0. The van der Waals surface area contributed by atoms with Crippen LogP contribution in [0.5, 0.6) is 0 Å². The van der Waals surface area contributed by atoms with Crippen LogP contribution in [-0.4, -0.2) is 0 Å². The molecule has 0 spiro atoms. The van der Waals surface area contributed by atoms with Gasteiger partial charge in [-0.05, 0) is 24.3 Å². The molecule has 0 N–H and O–H groups in total. The van der Waals surface area contributed by atoms with E-state index in [4.69, 9.17) is 0 Å². The Hall–Kier alpha value is -0.780. The minimum atomic E-state index is 1.08. The van der Waals surface area contributed by atoms with E-state index in [0.29, 0.717) is 0 Å². The molecule has 0 saturated heterocycles. The predicted molar refractivity (Wildman–Crippen MR) is 84.4 cm³/mol. The van der Waals surface area contributed by atoms with Crippen LogP contribution >= 0.6 is 0 Å². The molecule has 19 heavy (non-hydrogen) atoms. The Morgan fingerprint density at radius 2 is 1.42 bits per heavy atom. The van der Waals surface area contributed by atoms with Gasteiger partial charge in [-0.2, -0.15) is 0 Å². The number of hydrogen-bond donors (Lipinski definition) is 0. The van der Waals surface area contributed by atoms with Crippen molar-refractivity contribution >= 4 is 0 Å². The highest BCUT2D eigenvalue weighted by molar-refractivity contribution is 5.14. The topological polar surface area (TPSA) is 0 Å². The summed E-state index contributed by atoms with van der Waals surface area (Å²) in [7, 11) is 0. The van der Waals surface area contributed by atoms with Crippen molar-refractivity contribution in [3.8, 4) is 0 Å². The molecule has 0 atom stereocenters. The molecule has 1 fully saturated rings. The average molecular weight is 258 g/mol. The lowest BCUT2D eigenvalue weighted by Crippen LogP contribution is -2.05. The van der Waals surface area contributed by atoms with Crippen LogP contribution in [0.15, 0.2) is 30.3 Å². The first-order valence-corrected chi connectivity index (χ1v) is 8.49. The zero-order valence-corrected chi connectivity index (χ0v) is 12.4. The van der Waals surface area contributed by atoms with Crippen LogP contribution in [0.3, 0.4) is 0 Å². The summed E-state index contributed by atoms with van der Waals surface area (Å²) in [6, 6.07) is 10.9. The number of aryl methyl sites for hydroxylation is 1. The summed E-state index contributed by atoms with van der Waals surface area (Å²) in [6.45, 7) is 0. The largest absolute Gasteiger partial charge is 0.0622 e. The molecule has 0 unspecified atom stereocenters. The van der Waals surface area contributed by atoms with Gasteiger partial charge in [0.05, 0.1) is 0 Å². The first-order chi connectivity index (χ1) is 9.45. The molecule has 0 aromatic heterocycles. The third kappa shape index (κ3) is 6.27. The molecule has 0 heteroatoms. The zero-order valence-electron chi connectivity index (χ0n) is 12.4. The summed E-state index contributed by atoms with van der Waals surface area (Å²) in [5.74, 6) is 1.08. The van der Waals surface area contributed by atoms with Crippen LogP contribution in [0.2, 0.25) is 0 Å². The van der Waals surface area contributed by atoms with Crippen molar-refractivity contribution in [1.29, 1.82) is 0 Å². The first kappa shape index (κ1) is 14.6. The van der Waals surface area contributed by atoms with E-state index in [1.807, 2.05) is 0 Å². The Morgan fingerprint density at radius 1 is 0.737 bits per heavy atom. The fourth-order valence-corrected chi connectivity index (χ4v) is 3.41. The molecule has 0 amide bonds. The van der Waals surface area contributed by atoms with Gasteiger partial charge in [-0.3, -0.25) is 0 Å². The van der Waals surface area contributed by atoms with Gasteiger partial charge in [0.2, 0.25) is 0 Å². The minimum absolute atomic E-state index is 1.08. The number of rotatable bonds is 8. The van der Waals surface area contributed by atoms with E-state index in [9.17, 15) is 0 Å². The fraction of sp³-hybridized carbons (Fsp3) is 0.684. The predicted octanol–water partition coefficient (Wildman–Crippen LogP) is 6.15. The van der Waals surface area contributed by atoms with Crippen LogP contribution in [0.25, 0.3) is 0 Å².